The monoisotopic (exact) mass is 427 g/mol. The van der Waals surface area contributed by atoms with Crippen LogP contribution in [0.5, 0.6) is 0 Å². The molecule has 7 rings (SSSR count). The van der Waals surface area contributed by atoms with E-state index in [1.165, 1.54) is 43.9 Å². The summed E-state index contributed by atoms with van der Waals surface area (Å²) in [4.78, 5) is 31.4. The molecule has 6 aliphatic rings. The number of carboxylic acids is 1. The normalized spacial score (nSPS) is 40.4. The van der Waals surface area contributed by atoms with Crippen molar-refractivity contribution < 1.29 is 14.7 Å². The van der Waals surface area contributed by atoms with E-state index >= 15 is 0 Å². The number of piperidine rings is 1. The molecule has 0 aromatic carbocycles. The fourth-order valence-corrected chi connectivity index (χ4v) is 7.97. The Morgan fingerprint density at radius 3 is 2.27 bits per heavy atom. The molecule has 1 saturated heterocycles. The van der Waals surface area contributed by atoms with Gasteiger partial charge in [-0.1, -0.05) is 0 Å². The smallest absolute Gasteiger partial charge is 0.307 e. The Labute approximate surface area is 181 Å². The summed E-state index contributed by atoms with van der Waals surface area (Å²) >= 11 is 1.51. The van der Waals surface area contributed by atoms with E-state index < -0.39 is 5.97 Å². The Kier molecular flexibility index (Phi) is 4.34. The second kappa shape index (κ2) is 6.87. The predicted octanol–water partition coefficient (Wildman–Crippen LogP) is 3.12. The molecule has 5 saturated carbocycles. The maximum absolute atomic E-state index is 13.2. The number of carboxylic acid groups (broad SMARTS) is 1. The molecule has 1 amide bonds. The molecule has 4 bridgehead atoms. The molecule has 160 valence electrons. The van der Waals surface area contributed by atoms with Crippen molar-refractivity contribution >= 4 is 29.5 Å². The summed E-state index contributed by atoms with van der Waals surface area (Å²) in [6, 6.07) is 4.18. The molecule has 1 aliphatic heterocycles. The van der Waals surface area contributed by atoms with Crippen LogP contribution in [0.4, 0.5) is 5.82 Å². The van der Waals surface area contributed by atoms with Crippen molar-refractivity contribution in [3.05, 3.63) is 17.7 Å². The van der Waals surface area contributed by atoms with Crippen LogP contribution in [0.3, 0.4) is 0 Å². The van der Waals surface area contributed by atoms with Crippen LogP contribution >= 0.6 is 11.8 Å². The Balaban J connectivity index is 1.16. The minimum Gasteiger partial charge on any atom is -0.481 e. The van der Waals surface area contributed by atoms with Gasteiger partial charge in [-0.25, -0.2) is 4.98 Å². The number of nitrogens with one attached hydrogen (secondary N) is 1. The molecule has 2 N–H and O–H groups in total. The number of hydrogen-bond acceptors (Lipinski definition) is 5. The van der Waals surface area contributed by atoms with Gasteiger partial charge in [0.1, 0.15) is 10.8 Å². The van der Waals surface area contributed by atoms with Gasteiger partial charge in [0, 0.05) is 19.1 Å². The first-order valence-electron chi connectivity index (χ1n) is 11.4. The lowest BCUT2D eigenvalue weighted by molar-refractivity contribution is -0.139. The van der Waals surface area contributed by atoms with Gasteiger partial charge in [-0.05, 0) is 86.0 Å². The predicted molar refractivity (Wildman–Crippen MR) is 115 cm³/mol. The van der Waals surface area contributed by atoms with Crippen molar-refractivity contribution in [2.24, 2.45) is 41.4 Å². The lowest BCUT2D eigenvalue weighted by atomic mass is 9.54. The summed E-state index contributed by atoms with van der Waals surface area (Å²) in [5.74, 6) is 3.66. The van der Waals surface area contributed by atoms with Gasteiger partial charge in [0.25, 0.3) is 5.91 Å². The zero-order chi connectivity index (χ0) is 20.6. The molecule has 2 unspecified atom stereocenters. The van der Waals surface area contributed by atoms with Gasteiger partial charge in [-0.2, -0.15) is 0 Å². The number of rotatable bonds is 5. The van der Waals surface area contributed by atoms with E-state index in [2.05, 4.69) is 10.2 Å². The molecule has 30 heavy (non-hydrogen) atoms. The molecule has 2 heterocycles. The first-order valence-corrected chi connectivity index (χ1v) is 12.6. The maximum atomic E-state index is 13.2. The summed E-state index contributed by atoms with van der Waals surface area (Å²) in [5.41, 5.74) is 0.674. The van der Waals surface area contributed by atoms with E-state index in [-0.39, 0.29) is 23.7 Å². The second-order valence-electron chi connectivity index (χ2n) is 10.3. The summed E-state index contributed by atoms with van der Waals surface area (Å²) in [5, 5.41) is 13.4. The zero-order valence-electron chi connectivity index (χ0n) is 17.3. The molecule has 2 atom stereocenters. The van der Waals surface area contributed by atoms with Crippen LogP contribution in [0.25, 0.3) is 0 Å². The number of pyridine rings is 1. The standard InChI is InChI=1S/C23H29N3O3S/c1-30-22-15(2-3-18(24-22)26-9-16-17(10-26)19(16)23(28)29)21(27)25-20-13-5-11-4-12(7-13)8-14(20)6-11/h2-3,11-14,16-17,19-20H,4-10H2,1H3,(H,25,27)(H,28,29). The molecule has 6 nitrogen and oxygen atoms in total. The number of nitrogens with zero attached hydrogens (tertiary/aromatic N) is 2. The molecule has 5 aliphatic carbocycles. The van der Waals surface area contributed by atoms with E-state index in [0.717, 1.165) is 35.8 Å². The minimum absolute atomic E-state index is 0.0195. The highest BCUT2D eigenvalue weighted by molar-refractivity contribution is 7.98. The van der Waals surface area contributed by atoms with E-state index in [9.17, 15) is 14.7 Å². The van der Waals surface area contributed by atoms with Gasteiger partial charge in [0.05, 0.1) is 11.5 Å². The van der Waals surface area contributed by atoms with Crippen LogP contribution < -0.4 is 10.2 Å². The third-order valence-corrected chi connectivity index (χ3v) is 9.31. The number of amides is 1. The average Bonchev–Trinajstić information content (AvgIpc) is 3.24. The van der Waals surface area contributed by atoms with Gasteiger partial charge in [0.15, 0.2) is 0 Å². The minimum atomic E-state index is -0.667. The van der Waals surface area contributed by atoms with Crippen LogP contribution in [0.1, 0.15) is 42.5 Å². The Morgan fingerprint density at radius 2 is 1.70 bits per heavy atom. The number of carbonyl (C=O) groups is 2. The molecule has 6 fully saturated rings. The lowest BCUT2D eigenvalue weighted by Gasteiger charge is -2.54. The first-order chi connectivity index (χ1) is 14.5. The highest BCUT2D eigenvalue weighted by Crippen LogP contribution is 2.54. The molecule has 0 radical (unpaired) electrons. The fraction of sp³-hybridized carbons (Fsp3) is 0.696. The molecule has 0 spiro atoms. The van der Waals surface area contributed by atoms with Crippen molar-refractivity contribution in [1.82, 2.24) is 10.3 Å². The largest absolute Gasteiger partial charge is 0.481 e. The first kappa shape index (κ1) is 19.0. The summed E-state index contributed by atoms with van der Waals surface area (Å²) < 4.78 is 0. The van der Waals surface area contributed by atoms with Crippen molar-refractivity contribution in [1.29, 1.82) is 0 Å². The summed E-state index contributed by atoms with van der Waals surface area (Å²) in [6.45, 7) is 1.50. The van der Waals surface area contributed by atoms with Crippen LogP contribution in [0, 0.1) is 41.4 Å². The number of thioether (sulfide) groups is 1. The number of hydrogen-bond donors (Lipinski definition) is 2. The second-order valence-corrected chi connectivity index (χ2v) is 11.0. The highest BCUT2D eigenvalue weighted by atomic mass is 32.2. The Morgan fingerprint density at radius 1 is 1.07 bits per heavy atom. The Hall–Kier alpha value is -1.76. The van der Waals surface area contributed by atoms with Crippen LogP contribution in [0.15, 0.2) is 17.2 Å². The third kappa shape index (κ3) is 2.95. The highest BCUT2D eigenvalue weighted by Gasteiger charge is 2.60. The van der Waals surface area contributed by atoms with Crippen LogP contribution in [-0.2, 0) is 4.79 Å². The number of carbonyl (C=O) groups excluding carboxylic acids is 1. The number of fused-ring (bicyclic) bond motifs is 1. The van der Waals surface area contributed by atoms with Crippen molar-refractivity contribution in [3.63, 3.8) is 0 Å². The van der Waals surface area contributed by atoms with Crippen molar-refractivity contribution in [3.8, 4) is 0 Å². The SMILES string of the molecule is CSc1nc(N2CC3C(C2)C3C(=O)O)ccc1C(=O)NC1C2CC3CC(C2)CC1C3. The van der Waals surface area contributed by atoms with Gasteiger partial charge in [0.2, 0.25) is 0 Å². The quantitative estimate of drug-likeness (QED) is 0.703. The van der Waals surface area contributed by atoms with E-state index in [1.807, 2.05) is 18.4 Å². The van der Waals surface area contributed by atoms with E-state index in [1.54, 1.807) is 0 Å². The summed E-state index contributed by atoms with van der Waals surface area (Å²) in [6.07, 6.45) is 8.55. The average molecular weight is 428 g/mol. The number of aromatic nitrogens is 1. The molecule has 1 aromatic heterocycles. The molecular formula is C23H29N3O3S. The van der Waals surface area contributed by atoms with Gasteiger partial charge in [-0.15, -0.1) is 11.8 Å². The van der Waals surface area contributed by atoms with E-state index in [0.29, 0.717) is 23.4 Å². The number of aliphatic carboxylic acids is 1. The molecule has 1 aromatic rings. The fourth-order valence-electron chi connectivity index (χ4n) is 7.40. The third-order valence-electron chi connectivity index (χ3n) is 8.61. The van der Waals surface area contributed by atoms with Gasteiger partial charge >= 0.3 is 5.97 Å². The zero-order valence-corrected chi connectivity index (χ0v) is 18.1. The maximum Gasteiger partial charge on any atom is 0.307 e. The lowest BCUT2D eigenvalue weighted by Crippen LogP contribution is -2.55. The van der Waals surface area contributed by atoms with Gasteiger partial charge < -0.3 is 15.3 Å². The van der Waals surface area contributed by atoms with Crippen molar-refractivity contribution in [2.75, 3.05) is 24.2 Å². The van der Waals surface area contributed by atoms with Gasteiger partial charge in [-0.3, -0.25) is 9.59 Å². The van der Waals surface area contributed by atoms with Crippen LogP contribution in [-0.4, -0.2) is 47.4 Å². The van der Waals surface area contributed by atoms with E-state index in [4.69, 9.17) is 4.98 Å². The topological polar surface area (TPSA) is 82.5 Å². The van der Waals surface area contributed by atoms with Crippen LogP contribution in [0.2, 0.25) is 0 Å². The molecular weight excluding hydrogens is 398 g/mol. The number of anilines is 1. The molecule has 7 heteroatoms. The Bertz CT molecular complexity index is 866. The van der Waals surface area contributed by atoms with Crippen molar-refractivity contribution in [2.45, 2.75) is 43.2 Å². The summed E-state index contributed by atoms with van der Waals surface area (Å²) in [7, 11) is 0.